The van der Waals surface area contributed by atoms with Gasteiger partial charge in [0.15, 0.2) is 0 Å². The molecule has 0 amide bonds. The molecule has 6 aromatic carbocycles. The van der Waals surface area contributed by atoms with Gasteiger partial charge in [0.2, 0.25) is 5.69 Å². The molecular formula is C43H25N5. The van der Waals surface area contributed by atoms with Gasteiger partial charge in [0.1, 0.15) is 11.8 Å². The quantitative estimate of drug-likeness (QED) is 0.186. The molecule has 3 aromatic heterocycles. The molecular weight excluding hydrogens is 587 g/mol. The van der Waals surface area contributed by atoms with Gasteiger partial charge in [-0.3, -0.25) is 0 Å². The third kappa shape index (κ3) is 4.06. The topological polar surface area (TPSA) is 50.9 Å². The molecule has 0 fully saturated rings. The Kier molecular flexibility index (Phi) is 6.18. The highest BCUT2D eigenvalue weighted by molar-refractivity contribution is 6.29. The lowest BCUT2D eigenvalue weighted by Gasteiger charge is -2.13. The highest BCUT2D eigenvalue weighted by Crippen LogP contribution is 2.44. The van der Waals surface area contributed by atoms with Crippen LogP contribution >= 0.6 is 0 Å². The van der Waals surface area contributed by atoms with Crippen molar-refractivity contribution in [2.24, 2.45) is 0 Å². The Morgan fingerprint density at radius 1 is 0.562 bits per heavy atom. The maximum Gasteiger partial charge on any atom is 0.211 e. The number of benzene rings is 6. The van der Waals surface area contributed by atoms with Gasteiger partial charge in [-0.25, -0.2) is 9.83 Å². The molecule has 0 bridgehead atoms. The summed E-state index contributed by atoms with van der Waals surface area (Å²) >= 11 is 0. The minimum absolute atomic E-state index is 0.326. The van der Waals surface area contributed by atoms with E-state index in [9.17, 15) is 5.26 Å². The van der Waals surface area contributed by atoms with Crippen LogP contribution in [0.5, 0.6) is 0 Å². The molecule has 48 heavy (non-hydrogen) atoms. The van der Waals surface area contributed by atoms with Gasteiger partial charge in [-0.05, 0) is 65.7 Å². The van der Waals surface area contributed by atoms with E-state index in [-0.39, 0.29) is 0 Å². The molecule has 0 aliphatic carbocycles. The van der Waals surface area contributed by atoms with Gasteiger partial charge in [0.25, 0.3) is 0 Å². The number of para-hydroxylation sites is 3. The van der Waals surface area contributed by atoms with Crippen LogP contribution in [0.3, 0.4) is 0 Å². The van der Waals surface area contributed by atoms with Crippen molar-refractivity contribution in [2.75, 3.05) is 0 Å². The highest BCUT2D eigenvalue weighted by atomic mass is 15.0. The average Bonchev–Trinajstić information content (AvgIpc) is 3.68. The molecule has 222 valence electrons. The SMILES string of the molecule is [C-]#[N+]c1cc(-c2cc(-c3ccccc3)cnc2C#N)ccc1-n1c2ccccc2c2c3c4ccccc4n(-c4ccccc4)c3ccc21. The van der Waals surface area contributed by atoms with Crippen molar-refractivity contribution in [3.8, 4) is 39.7 Å². The van der Waals surface area contributed by atoms with Crippen LogP contribution in [-0.4, -0.2) is 14.1 Å². The first-order valence-corrected chi connectivity index (χ1v) is 15.7. The van der Waals surface area contributed by atoms with E-state index >= 15 is 0 Å². The van der Waals surface area contributed by atoms with Crippen LogP contribution in [0.25, 0.3) is 82.1 Å². The lowest BCUT2D eigenvalue weighted by Crippen LogP contribution is -1.96. The molecule has 0 N–H and O–H groups in total. The van der Waals surface area contributed by atoms with E-state index in [0.29, 0.717) is 16.9 Å². The number of pyridine rings is 1. The fraction of sp³-hybridized carbons (Fsp3) is 0. The molecule has 0 spiro atoms. The van der Waals surface area contributed by atoms with Crippen LogP contribution in [-0.2, 0) is 0 Å². The van der Waals surface area contributed by atoms with Crippen molar-refractivity contribution in [3.63, 3.8) is 0 Å². The van der Waals surface area contributed by atoms with E-state index in [1.54, 1.807) is 6.20 Å². The molecule has 3 heterocycles. The smallest absolute Gasteiger partial charge is 0.211 e. The Hall–Kier alpha value is -6.95. The van der Waals surface area contributed by atoms with E-state index in [1.165, 1.54) is 10.8 Å². The Morgan fingerprint density at radius 2 is 1.17 bits per heavy atom. The molecule has 5 heteroatoms. The normalized spacial score (nSPS) is 11.3. The summed E-state index contributed by atoms with van der Waals surface area (Å²) in [5, 5.41) is 14.6. The number of hydrogen-bond donors (Lipinski definition) is 0. The van der Waals surface area contributed by atoms with E-state index in [2.05, 4.69) is 104 Å². The number of fused-ring (bicyclic) bond motifs is 7. The lowest BCUT2D eigenvalue weighted by atomic mass is 9.98. The van der Waals surface area contributed by atoms with Crippen LogP contribution < -0.4 is 0 Å². The summed E-state index contributed by atoms with van der Waals surface area (Å²) in [6.45, 7) is 8.30. The molecule has 0 aliphatic rings. The summed E-state index contributed by atoms with van der Waals surface area (Å²) in [4.78, 5) is 8.53. The first-order chi connectivity index (χ1) is 23.7. The fourth-order valence-corrected chi connectivity index (χ4v) is 7.17. The van der Waals surface area contributed by atoms with Crippen molar-refractivity contribution in [2.45, 2.75) is 0 Å². The molecule has 9 aromatic rings. The molecule has 9 rings (SSSR count). The highest BCUT2D eigenvalue weighted by Gasteiger charge is 2.22. The number of aromatic nitrogens is 3. The summed E-state index contributed by atoms with van der Waals surface area (Å²) in [7, 11) is 0. The number of nitriles is 1. The van der Waals surface area contributed by atoms with Gasteiger partial charge in [0.05, 0.1) is 34.3 Å². The summed E-state index contributed by atoms with van der Waals surface area (Å²) in [5.41, 5.74) is 10.5. The first kappa shape index (κ1) is 27.4. The van der Waals surface area contributed by atoms with Crippen molar-refractivity contribution < 1.29 is 0 Å². The number of rotatable bonds is 4. The zero-order valence-corrected chi connectivity index (χ0v) is 25.7. The van der Waals surface area contributed by atoms with Crippen LogP contribution in [0.15, 0.2) is 152 Å². The summed E-state index contributed by atoms with van der Waals surface area (Å²) in [5.74, 6) is 0. The summed E-state index contributed by atoms with van der Waals surface area (Å²) in [6, 6.07) is 52.0. The van der Waals surface area contributed by atoms with E-state index in [4.69, 9.17) is 6.57 Å². The van der Waals surface area contributed by atoms with Gasteiger partial charge >= 0.3 is 0 Å². The van der Waals surface area contributed by atoms with Gasteiger partial charge in [-0.1, -0.05) is 91.0 Å². The molecule has 0 radical (unpaired) electrons. The largest absolute Gasteiger partial charge is 0.319 e. The van der Waals surface area contributed by atoms with Crippen LogP contribution in [0, 0.1) is 17.9 Å². The minimum atomic E-state index is 0.326. The molecule has 0 saturated heterocycles. The number of nitrogens with zero attached hydrogens (tertiary/aromatic N) is 5. The van der Waals surface area contributed by atoms with Gasteiger partial charge < -0.3 is 9.13 Å². The molecule has 0 aliphatic heterocycles. The molecule has 0 atom stereocenters. The second-order valence-electron chi connectivity index (χ2n) is 11.8. The van der Waals surface area contributed by atoms with Gasteiger partial charge in [-0.15, -0.1) is 0 Å². The van der Waals surface area contributed by atoms with Crippen LogP contribution in [0.1, 0.15) is 5.69 Å². The Balaban J connectivity index is 1.31. The van der Waals surface area contributed by atoms with E-state index in [0.717, 1.165) is 60.9 Å². The zero-order valence-electron chi connectivity index (χ0n) is 25.7. The van der Waals surface area contributed by atoms with Gasteiger partial charge in [-0.2, -0.15) is 5.26 Å². The second-order valence-corrected chi connectivity index (χ2v) is 11.8. The Morgan fingerprint density at radius 3 is 1.83 bits per heavy atom. The fourth-order valence-electron chi connectivity index (χ4n) is 7.17. The third-order valence-electron chi connectivity index (χ3n) is 9.23. The Labute approximate surface area is 276 Å². The van der Waals surface area contributed by atoms with Crippen LogP contribution in [0.4, 0.5) is 5.69 Å². The molecule has 0 unspecified atom stereocenters. The maximum absolute atomic E-state index is 9.97. The van der Waals surface area contributed by atoms with E-state index < -0.39 is 0 Å². The molecule has 0 saturated carbocycles. The molecule has 5 nitrogen and oxygen atoms in total. The van der Waals surface area contributed by atoms with Crippen molar-refractivity contribution in [3.05, 3.63) is 169 Å². The third-order valence-corrected chi connectivity index (χ3v) is 9.23. The zero-order chi connectivity index (χ0) is 32.2. The average molecular weight is 612 g/mol. The number of hydrogen-bond acceptors (Lipinski definition) is 2. The predicted octanol–water partition coefficient (Wildman–Crippen LogP) is 11.0. The minimum Gasteiger partial charge on any atom is -0.319 e. The Bertz CT molecular complexity index is 2790. The van der Waals surface area contributed by atoms with Gasteiger partial charge in [0, 0.05) is 44.6 Å². The van der Waals surface area contributed by atoms with Crippen molar-refractivity contribution in [1.82, 2.24) is 14.1 Å². The standard InChI is InChI=1S/C43H25N5/c1-45-35-25-29(34-24-30(27-46-36(34)26-44)28-12-4-2-5-13-28)20-21-39(35)48-38-19-11-9-17-33(38)43-41(48)23-22-40-42(43)32-16-8-10-18-37(32)47(40)31-14-6-3-7-15-31/h2-25,27H. The van der Waals surface area contributed by atoms with Crippen molar-refractivity contribution >= 4 is 49.3 Å². The second kappa shape index (κ2) is 10.8. The van der Waals surface area contributed by atoms with E-state index in [1.807, 2.05) is 66.7 Å². The predicted molar refractivity (Wildman–Crippen MR) is 195 cm³/mol. The summed E-state index contributed by atoms with van der Waals surface area (Å²) in [6.07, 6.45) is 1.73. The lowest BCUT2D eigenvalue weighted by molar-refractivity contribution is 1.17. The first-order valence-electron chi connectivity index (χ1n) is 15.7. The summed E-state index contributed by atoms with van der Waals surface area (Å²) < 4.78 is 4.54. The maximum atomic E-state index is 9.97. The van der Waals surface area contributed by atoms with Crippen molar-refractivity contribution in [1.29, 1.82) is 5.26 Å². The van der Waals surface area contributed by atoms with Crippen LogP contribution in [0.2, 0.25) is 0 Å². The monoisotopic (exact) mass is 611 g/mol.